The van der Waals surface area contributed by atoms with Crippen molar-refractivity contribution >= 4 is 64.1 Å². The number of likely N-dealkylation sites (tertiary alicyclic amines) is 1. The summed E-state index contributed by atoms with van der Waals surface area (Å²) < 4.78 is 0.805. The molecule has 3 amide bonds. The summed E-state index contributed by atoms with van der Waals surface area (Å²) in [6.45, 7) is 10.2. The van der Waals surface area contributed by atoms with E-state index in [9.17, 15) is 19.6 Å². The Kier molecular flexibility index (Phi) is 8.24. The lowest BCUT2D eigenvalue weighted by Crippen LogP contribution is -2.52. The number of piperazine rings is 1. The summed E-state index contributed by atoms with van der Waals surface area (Å²) in [5.41, 5.74) is 3.04. The molecule has 3 aliphatic rings. The van der Waals surface area contributed by atoms with Gasteiger partial charge in [-0.05, 0) is 50.1 Å². The lowest BCUT2D eigenvalue weighted by atomic mass is 9.98. The second-order valence-electron chi connectivity index (χ2n) is 11.6. The van der Waals surface area contributed by atoms with Crippen LogP contribution in [0, 0.1) is 35.5 Å². The fraction of sp³-hybridized carbons (Fsp3) is 0.448. The molecule has 1 saturated carbocycles. The van der Waals surface area contributed by atoms with Crippen LogP contribution in [0.3, 0.4) is 0 Å². The van der Waals surface area contributed by atoms with Gasteiger partial charge in [-0.3, -0.25) is 24.3 Å². The number of pyridine rings is 2. The number of likely N-dealkylation sites (N-methyl/N-ethyl adjacent to an activating group) is 1. The fourth-order valence-electron chi connectivity index (χ4n) is 6.35. The van der Waals surface area contributed by atoms with Gasteiger partial charge in [0.15, 0.2) is 0 Å². The minimum absolute atomic E-state index is 0. The van der Waals surface area contributed by atoms with E-state index in [2.05, 4.69) is 20.9 Å². The smallest absolute Gasteiger partial charge is 0.256 e. The van der Waals surface area contributed by atoms with Crippen LogP contribution < -0.4 is 0 Å². The zero-order valence-corrected chi connectivity index (χ0v) is 26.0. The highest BCUT2D eigenvalue weighted by atomic mass is 35.5. The summed E-state index contributed by atoms with van der Waals surface area (Å²) in [6.07, 6.45) is 1.67. The van der Waals surface area contributed by atoms with E-state index in [1.54, 1.807) is 12.3 Å². The molecule has 3 atom stereocenters. The topological polar surface area (TPSA) is 110 Å². The maximum absolute atomic E-state index is 14.0. The Bertz CT molecular complexity index is 1590. The number of carbonyl (C=O) groups excluding carboxylic acids is 3. The first kappa shape index (κ1) is 30.8. The number of hydrogen-bond acceptors (Lipinski definition) is 8. The number of aryl methyl sites for hydroxylation is 1. The number of imide groups is 1. The van der Waals surface area contributed by atoms with Crippen LogP contribution in [0.4, 0.5) is 0 Å². The normalized spacial score (nSPS) is 23.1. The Hall–Kier alpha value is -3.10. The van der Waals surface area contributed by atoms with Gasteiger partial charge < -0.3 is 9.80 Å². The molecule has 0 bridgehead atoms. The van der Waals surface area contributed by atoms with Crippen LogP contribution in [0.15, 0.2) is 24.4 Å². The monoisotopic (exact) mass is 614 g/mol. The van der Waals surface area contributed by atoms with Crippen LogP contribution >= 0.6 is 36.2 Å². The predicted molar refractivity (Wildman–Crippen MR) is 161 cm³/mol. The van der Waals surface area contributed by atoms with Crippen LogP contribution in [0.5, 0.6) is 0 Å². The zero-order valence-electron chi connectivity index (χ0n) is 23.5. The van der Waals surface area contributed by atoms with Gasteiger partial charge in [0.1, 0.15) is 11.8 Å². The number of carbonyl (C=O) groups is 3. The van der Waals surface area contributed by atoms with Gasteiger partial charge in [-0.15, -0.1) is 36.2 Å². The second-order valence-corrected chi connectivity index (χ2v) is 12.7. The molecule has 9 nitrogen and oxygen atoms in total. The molecule has 0 radical (unpaired) electrons. The van der Waals surface area contributed by atoms with Gasteiger partial charge >= 0.3 is 0 Å². The van der Waals surface area contributed by atoms with E-state index in [1.807, 2.05) is 51.8 Å². The van der Waals surface area contributed by atoms with Gasteiger partial charge in [-0.1, -0.05) is 13.8 Å². The molecule has 5 heterocycles. The molecule has 2 saturated heterocycles. The highest BCUT2D eigenvalue weighted by Gasteiger charge is 2.72. The van der Waals surface area contributed by atoms with E-state index >= 15 is 0 Å². The summed E-state index contributed by atoms with van der Waals surface area (Å²) in [5.74, 6) is -0.751. The Balaban J connectivity index is 0.00000194. The van der Waals surface area contributed by atoms with E-state index in [0.29, 0.717) is 34.4 Å². The van der Waals surface area contributed by atoms with Crippen molar-refractivity contribution in [3.05, 3.63) is 46.1 Å². The standard InChI is InChI=1S/C29H30N6O3S.2ClH/c1-15-10-17(12-30)32-24(21(15)26(36)34-9-8-33(5)13-16(34)2)19-6-7-31-20-11-18(39-25(19)20)14-35-27(37)22-23(28(35)38)29(22,3)4;;/h6-7,10-11,16,22-23H,8-9,13-14H2,1-5H3;2*1H/t16-,22?,23?;;/m0../s1. The molecule has 0 aromatic carbocycles. The van der Waals surface area contributed by atoms with Crippen molar-refractivity contribution in [2.45, 2.75) is 40.3 Å². The SMILES string of the molecule is Cc1cc(C#N)nc(-c2ccnc3cc(CN4C(=O)C5C(C4=O)C5(C)C)sc23)c1C(=O)N1CCN(C)C[C@@H]1C.Cl.Cl. The first-order chi connectivity index (χ1) is 18.5. The van der Waals surface area contributed by atoms with Gasteiger partial charge in [0, 0.05) is 42.3 Å². The van der Waals surface area contributed by atoms with Crippen molar-refractivity contribution < 1.29 is 14.4 Å². The molecule has 2 aliphatic heterocycles. The number of halogens is 2. The van der Waals surface area contributed by atoms with Crippen LogP contribution in [0.2, 0.25) is 0 Å². The summed E-state index contributed by atoms with van der Waals surface area (Å²) in [6, 6.07) is 7.54. The quantitative estimate of drug-likeness (QED) is 0.403. The van der Waals surface area contributed by atoms with Crippen molar-refractivity contribution in [3.8, 4) is 17.3 Å². The van der Waals surface area contributed by atoms with E-state index in [4.69, 9.17) is 0 Å². The molecule has 3 aromatic heterocycles. The molecule has 3 aromatic rings. The van der Waals surface area contributed by atoms with Crippen LogP contribution in [-0.4, -0.2) is 75.1 Å². The van der Waals surface area contributed by atoms with Gasteiger partial charge in [-0.2, -0.15) is 5.26 Å². The van der Waals surface area contributed by atoms with Crippen LogP contribution in [0.1, 0.15) is 47.3 Å². The number of nitriles is 1. The average molecular weight is 616 g/mol. The van der Waals surface area contributed by atoms with E-state index in [-0.39, 0.29) is 78.1 Å². The predicted octanol–water partition coefficient (Wildman–Crippen LogP) is 4.30. The molecular formula is C29H32Cl2N6O3S. The lowest BCUT2D eigenvalue weighted by Gasteiger charge is -2.38. The maximum Gasteiger partial charge on any atom is 0.256 e. The van der Waals surface area contributed by atoms with Crippen LogP contribution in [0.25, 0.3) is 21.5 Å². The fourth-order valence-corrected chi connectivity index (χ4v) is 7.46. The Morgan fingerprint density at radius 1 is 1.17 bits per heavy atom. The number of aromatic nitrogens is 2. The number of amides is 3. The summed E-state index contributed by atoms with van der Waals surface area (Å²) in [4.78, 5) is 55.2. The van der Waals surface area contributed by atoms with Crippen LogP contribution in [-0.2, 0) is 16.1 Å². The molecule has 41 heavy (non-hydrogen) atoms. The molecule has 3 fully saturated rings. The van der Waals surface area contributed by atoms with Crippen molar-refractivity contribution in [2.24, 2.45) is 17.3 Å². The third-order valence-electron chi connectivity index (χ3n) is 8.56. The summed E-state index contributed by atoms with van der Waals surface area (Å²) >= 11 is 1.44. The van der Waals surface area contributed by atoms with Gasteiger partial charge in [0.2, 0.25) is 11.8 Å². The Morgan fingerprint density at radius 2 is 1.85 bits per heavy atom. The van der Waals surface area contributed by atoms with Gasteiger partial charge in [0.05, 0.1) is 39.9 Å². The number of nitrogens with zero attached hydrogens (tertiary/aromatic N) is 6. The molecule has 6 rings (SSSR count). The van der Waals surface area contributed by atoms with Crippen molar-refractivity contribution in [3.63, 3.8) is 0 Å². The zero-order chi connectivity index (χ0) is 27.8. The lowest BCUT2D eigenvalue weighted by molar-refractivity contribution is -0.143. The molecular weight excluding hydrogens is 583 g/mol. The van der Waals surface area contributed by atoms with Crippen molar-refractivity contribution in [2.75, 3.05) is 26.7 Å². The number of hydrogen-bond donors (Lipinski definition) is 0. The number of piperidine rings is 1. The van der Waals surface area contributed by atoms with E-state index in [1.165, 1.54) is 16.2 Å². The minimum Gasteiger partial charge on any atom is -0.333 e. The van der Waals surface area contributed by atoms with Gasteiger partial charge in [0.25, 0.3) is 5.91 Å². The number of fused-ring (bicyclic) bond motifs is 2. The first-order valence-corrected chi connectivity index (χ1v) is 14.0. The van der Waals surface area contributed by atoms with E-state index < -0.39 is 0 Å². The second kappa shape index (κ2) is 11.0. The molecule has 216 valence electrons. The summed E-state index contributed by atoms with van der Waals surface area (Å²) in [7, 11) is 2.05. The number of rotatable bonds is 4. The largest absolute Gasteiger partial charge is 0.333 e. The molecule has 0 N–H and O–H groups in total. The molecule has 2 unspecified atom stereocenters. The van der Waals surface area contributed by atoms with Gasteiger partial charge in [-0.25, -0.2) is 4.98 Å². The molecule has 1 aliphatic carbocycles. The Morgan fingerprint density at radius 3 is 2.49 bits per heavy atom. The van der Waals surface area contributed by atoms with E-state index in [0.717, 1.165) is 22.7 Å². The summed E-state index contributed by atoms with van der Waals surface area (Å²) in [5, 5.41) is 9.68. The third kappa shape index (κ3) is 4.89. The van der Waals surface area contributed by atoms with Crippen molar-refractivity contribution in [1.82, 2.24) is 24.7 Å². The Labute approximate surface area is 255 Å². The molecule has 0 spiro atoms. The average Bonchev–Trinajstić information content (AvgIpc) is 3.13. The molecule has 12 heteroatoms. The first-order valence-electron chi connectivity index (χ1n) is 13.2. The number of thiophene rings is 1. The maximum atomic E-state index is 14.0. The van der Waals surface area contributed by atoms with Crippen molar-refractivity contribution in [1.29, 1.82) is 5.26 Å². The highest BCUT2D eigenvalue weighted by Crippen LogP contribution is 2.63. The highest BCUT2D eigenvalue weighted by molar-refractivity contribution is 7.19. The minimum atomic E-state index is -0.251. The third-order valence-corrected chi connectivity index (χ3v) is 9.70.